The van der Waals surface area contributed by atoms with Crippen LogP contribution in [0.3, 0.4) is 0 Å². The molecular weight excluding hydrogens is 396 g/mol. The predicted octanol–water partition coefficient (Wildman–Crippen LogP) is 3.43. The summed E-state index contributed by atoms with van der Waals surface area (Å²) in [6.45, 7) is 2.02. The van der Waals surface area contributed by atoms with Crippen molar-refractivity contribution in [3.05, 3.63) is 102 Å². The summed E-state index contributed by atoms with van der Waals surface area (Å²) < 4.78 is 12.7. The molecule has 8 nitrogen and oxygen atoms in total. The quantitative estimate of drug-likeness (QED) is 0.469. The smallest absolute Gasteiger partial charge is 0.305 e. The zero-order valence-corrected chi connectivity index (χ0v) is 16.7. The number of hydrogen-bond acceptors (Lipinski definition) is 5. The van der Waals surface area contributed by atoms with Crippen molar-refractivity contribution in [1.29, 1.82) is 0 Å². The highest BCUT2D eigenvalue weighted by Gasteiger charge is 2.16. The number of benzene rings is 2. The standard InChI is InChI=1S/C23H20N4O4/c1-16-14-20(26-27(16)17-8-4-2-5-9-17)22(28)24-25-23(29)21-13-12-19(31-21)15-30-18-10-6-3-7-11-18/h2-14H,15H2,1H3,(H,24,28)(H,25,29). The summed E-state index contributed by atoms with van der Waals surface area (Å²) in [5.41, 5.74) is 6.49. The van der Waals surface area contributed by atoms with Gasteiger partial charge in [-0.2, -0.15) is 5.10 Å². The number of carbonyl (C=O) groups is 2. The number of rotatable bonds is 6. The molecule has 0 atom stereocenters. The average Bonchev–Trinajstić information content (AvgIpc) is 3.44. The van der Waals surface area contributed by atoms with Gasteiger partial charge in [0.1, 0.15) is 18.1 Å². The molecule has 0 unspecified atom stereocenters. The van der Waals surface area contributed by atoms with Crippen LogP contribution in [0.4, 0.5) is 0 Å². The number of carbonyl (C=O) groups excluding carboxylic acids is 2. The van der Waals surface area contributed by atoms with E-state index < -0.39 is 11.8 Å². The SMILES string of the molecule is Cc1cc(C(=O)NNC(=O)c2ccc(COc3ccccc3)o2)nn1-c1ccccc1. The number of ether oxygens (including phenoxy) is 1. The van der Waals surface area contributed by atoms with Crippen LogP contribution >= 0.6 is 0 Å². The van der Waals surface area contributed by atoms with E-state index in [9.17, 15) is 9.59 Å². The van der Waals surface area contributed by atoms with Gasteiger partial charge in [0, 0.05) is 5.69 Å². The zero-order valence-electron chi connectivity index (χ0n) is 16.7. The number of hydrazine groups is 1. The first-order valence-electron chi connectivity index (χ1n) is 9.59. The molecule has 156 valence electrons. The van der Waals surface area contributed by atoms with Crippen LogP contribution in [0.2, 0.25) is 0 Å². The third-order valence-corrected chi connectivity index (χ3v) is 4.42. The third-order valence-electron chi connectivity index (χ3n) is 4.42. The third kappa shape index (κ3) is 4.81. The average molecular weight is 416 g/mol. The molecule has 0 saturated heterocycles. The van der Waals surface area contributed by atoms with Crippen molar-refractivity contribution in [2.45, 2.75) is 13.5 Å². The zero-order chi connectivity index (χ0) is 21.6. The topological polar surface area (TPSA) is 98.4 Å². The van der Waals surface area contributed by atoms with Crippen LogP contribution in [0.25, 0.3) is 5.69 Å². The fourth-order valence-corrected chi connectivity index (χ4v) is 2.90. The number of aryl methyl sites for hydroxylation is 1. The maximum Gasteiger partial charge on any atom is 0.305 e. The second-order valence-electron chi connectivity index (χ2n) is 6.69. The number of furan rings is 1. The van der Waals surface area contributed by atoms with Gasteiger partial charge < -0.3 is 9.15 Å². The summed E-state index contributed by atoms with van der Waals surface area (Å²) in [6.07, 6.45) is 0. The van der Waals surface area contributed by atoms with Crippen molar-refractivity contribution in [3.63, 3.8) is 0 Å². The summed E-state index contributed by atoms with van der Waals surface area (Å²) in [6, 6.07) is 23.5. The Morgan fingerprint density at radius 1 is 0.935 bits per heavy atom. The second kappa shape index (κ2) is 9.00. The van der Waals surface area contributed by atoms with E-state index in [-0.39, 0.29) is 18.1 Å². The fraction of sp³-hybridized carbons (Fsp3) is 0.0870. The molecule has 4 aromatic rings. The lowest BCUT2D eigenvalue weighted by Gasteiger charge is -2.05. The van der Waals surface area contributed by atoms with E-state index in [1.54, 1.807) is 16.8 Å². The minimum absolute atomic E-state index is 0.0537. The normalized spacial score (nSPS) is 10.5. The Morgan fingerprint density at radius 3 is 2.35 bits per heavy atom. The molecule has 0 radical (unpaired) electrons. The highest BCUT2D eigenvalue weighted by molar-refractivity contribution is 5.97. The molecule has 0 saturated carbocycles. The number of amides is 2. The molecular formula is C23H20N4O4. The van der Waals surface area contributed by atoms with Crippen LogP contribution in [0.1, 0.15) is 32.5 Å². The van der Waals surface area contributed by atoms with Gasteiger partial charge in [-0.15, -0.1) is 0 Å². The van der Waals surface area contributed by atoms with Crippen molar-refractivity contribution >= 4 is 11.8 Å². The van der Waals surface area contributed by atoms with E-state index in [1.165, 1.54) is 6.07 Å². The van der Waals surface area contributed by atoms with E-state index >= 15 is 0 Å². The van der Waals surface area contributed by atoms with E-state index in [1.807, 2.05) is 67.6 Å². The second-order valence-corrected chi connectivity index (χ2v) is 6.69. The van der Waals surface area contributed by atoms with Crippen molar-refractivity contribution in [2.75, 3.05) is 0 Å². The Kier molecular flexibility index (Phi) is 5.79. The summed E-state index contributed by atoms with van der Waals surface area (Å²) in [4.78, 5) is 24.7. The van der Waals surface area contributed by atoms with Gasteiger partial charge in [-0.05, 0) is 49.4 Å². The predicted molar refractivity (Wildman–Crippen MR) is 113 cm³/mol. The first-order chi connectivity index (χ1) is 15.1. The molecule has 2 aromatic carbocycles. The molecule has 0 aliphatic heterocycles. The van der Waals surface area contributed by atoms with Gasteiger partial charge in [0.05, 0.1) is 5.69 Å². The van der Waals surface area contributed by atoms with Gasteiger partial charge in [0.2, 0.25) is 0 Å². The summed E-state index contributed by atoms with van der Waals surface area (Å²) in [5.74, 6) is 0.113. The Morgan fingerprint density at radius 2 is 1.61 bits per heavy atom. The van der Waals surface area contributed by atoms with Gasteiger partial charge in [-0.25, -0.2) is 4.68 Å². The molecule has 0 bridgehead atoms. The Bertz CT molecular complexity index is 1180. The van der Waals surface area contributed by atoms with Gasteiger partial charge in [0.25, 0.3) is 5.91 Å². The molecule has 31 heavy (non-hydrogen) atoms. The molecule has 0 aliphatic carbocycles. The number of para-hydroxylation sites is 2. The molecule has 0 spiro atoms. The van der Waals surface area contributed by atoms with Crippen LogP contribution < -0.4 is 15.6 Å². The monoisotopic (exact) mass is 416 g/mol. The number of nitrogens with zero attached hydrogens (tertiary/aromatic N) is 2. The van der Waals surface area contributed by atoms with Gasteiger partial charge in [-0.3, -0.25) is 20.4 Å². The van der Waals surface area contributed by atoms with E-state index in [0.717, 1.165) is 11.4 Å². The van der Waals surface area contributed by atoms with E-state index in [4.69, 9.17) is 9.15 Å². The van der Waals surface area contributed by atoms with Crippen LogP contribution in [0, 0.1) is 6.92 Å². The Labute approximate surface area is 178 Å². The molecule has 2 N–H and O–H groups in total. The van der Waals surface area contributed by atoms with Crippen LogP contribution in [-0.4, -0.2) is 21.6 Å². The number of hydrogen-bond donors (Lipinski definition) is 2. The number of aromatic nitrogens is 2. The van der Waals surface area contributed by atoms with Crippen LogP contribution in [-0.2, 0) is 6.61 Å². The minimum Gasteiger partial charge on any atom is -0.486 e. The lowest BCUT2D eigenvalue weighted by Crippen LogP contribution is -2.41. The lowest BCUT2D eigenvalue weighted by molar-refractivity contribution is 0.0826. The number of nitrogens with one attached hydrogen (secondary N) is 2. The Balaban J connectivity index is 1.33. The maximum atomic E-state index is 12.4. The van der Waals surface area contributed by atoms with Crippen molar-refractivity contribution < 1.29 is 18.7 Å². The summed E-state index contributed by atoms with van der Waals surface area (Å²) in [5, 5.41) is 4.30. The largest absolute Gasteiger partial charge is 0.486 e. The molecule has 0 aliphatic rings. The molecule has 2 aromatic heterocycles. The maximum absolute atomic E-state index is 12.4. The first kappa shape index (κ1) is 20.0. The van der Waals surface area contributed by atoms with E-state index in [0.29, 0.717) is 11.5 Å². The van der Waals surface area contributed by atoms with Gasteiger partial charge in [-0.1, -0.05) is 36.4 Å². The summed E-state index contributed by atoms with van der Waals surface area (Å²) in [7, 11) is 0. The highest BCUT2D eigenvalue weighted by Crippen LogP contribution is 2.14. The minimum atomic E-state index is -0.585. The molecule has 4 rings (SSSR count). The molecule has 8 heteroatoms. The summed E-state index contributed by atoms with van der Waals surface area (Å²) >= 11 is 0. The van der Waals surface area contributed by atoms with Crippen molar-refractivity contribution in [2.24, 2.45) is 0 Å². The van der Waals surface area contributed by atoms with Crippen LogP contribution in [0.15, 0.2) is 83.3 Å². The Hall–Kier alpha value is -4.33. The van der Waals surface area contributed by atoms with Gasteiger partial charge in [0.15, 0.2) is 11.5 Å². The highest BCUT2D eigenvalue weighted by atomic mass is 16.5. The lowest BCUT2D eigenvalue weighted by atomic mass is 10.3. The van der Waals surface area contributed by atoms with E-state index in [2.05, 4.69) is 16.0 Å². The fourth-order valence-electron chi connectivity index (χ4n) is 2.90. The molecule has 2 heterocycles. The van der Waals surface area contributed by atoms with Crippen molar-refractivity contribution in [3.8, 4) is 11.4 Å². The van der Waals surface area contributed by atoms with Crippen LogP contribution in [0.5, 0.6) is 5.75 Å². The molecule has 2 amide bonds. The van der Waals surface area contributed by atoms with Gasteiger partial charge >= 0.3 is 5.91 Å². The van der Waals surface area contributed by atoms with Crippen molar-refractivity contribution in [1.82, 2.24) is 20.6 Å². The first-order valence-corrected chi connectivity index (χ1v) is 9.59. The molecule has 0 fully saturated rings.